The summed E-state index contributed by atoms with van der Waals surface area (Å²) >= 11 is 5.53. The molecule has 13 heavy (non-hydrogen) atoms. The van der Waals surface area contributed by atoms with E-state index >= 15 is 0 Å². The number of carboxylic acid groups (broad SMARTS) is 1. The molecule has 0 aliphatic rings. The summed E-state index contributed by atoms with van der Waals surface area (Å²) in [4.78, 5) is 10.00. The van der Waals surface area contributed by atoms with E-state index in [2.05, 4.69) is 0 Å². The van der Waals surface area contributed by atoms with Gasteiger partial charge in [-0.1, -0.05) is 11.6 Å². The van der Waals surface area contributed by atoms with Crippen LogP contribution in [0.5, 0.6) is 5.75 Å². The van der Waals surface area contributed by atoms with Crippen molar-refractivity contribution in [1.82, 2.24) is 0 Å². The molecule has 0 atom stereocenters. The normalized spacial score (nSPS) is 9.69. The fourth-order valence-electron chi connectivity index (χ4n) is 0.729. The molecule has 1 aromatic rings. The molecule has 0 spiro atoms. The van der Waals surface area contributed by atoms with Crippen LogP contribution in [0.2, 0.25) is 5.02 Å². The smallest absolute Gasteiger partial charge is 0.138 e. The van der Waals surface area contributed by atoms with Crippen LogP contribution in [-0.2, 0) is 4.79 Å². The van der Waals surface area contributed by atoms with E-state index in [9.17, 15) is 14.3 Å². The molecule has 1 aromatic carbocycles. The second-order valence-electron chi connectivity index (χ2n) is 2.24. The van der Waals surface area contributed by atoms with Crippen molar-refractivity contribution < 1.29 is 19.0 Å². The second kappa shape index (κ2) is 4.09. The number of carboxylic acids is 1. The van der Waals surface area contributed by atoms with Gasteiger partial charge in [-0.3, -0.25) is 0 Å². The Bertz CT molecular complexity index is 327. The summed E-state index contributed by atoms with van der Waals surface area (Å²) in [5, 5.41) is 10.0. The van der Waals surface area contributed by atoms with E-state index in [1.807, 2.05) is 0 Å². The lowest BCUT2D eigenvalue weighted by Crippen LogP contribution is -2.28. The monoisotopic (exact) mass is 203 g/mol. The van der Waals surface area contributed by atoms with Crippen molar-refractivity contribution in [1.29, 1.82) is 0 Å². The number of carbonyl (C=O) groups excluding carboxylic acids is 1. The third kappa shape index (κ3) is 2.91. The highest BCUT2D eigenvalue weighted by molar-refractivity contribution is 6.32. The predicted molar refractivity (Wildman–Crippen MR) is 41.9 cm³/mol. The molecule has 0 aliphatic heterocycles. The average Bonchev–Trinajstić information content (AvgIpc) is 2.02. The average molecular weight is 204 g/mol. The van der Waals surface area contributed by atoms with E-state index in [1.165, 1.54) is 6.07 Å². The molecule has 1 rings (SSSR count). The number of ether oxygens (including phenoxy) is 1. The van der Waals surface area contributed by atoms with Crippen molar-refractivity contribution in [2.24, 2.45) is 0 Å². The van der Waals surface area contributed by atoms with Gasteiger partial charge in [0.1, 0.15) is 18.2 Å². The van der Waals surface area contributed by atoms with E-state index in [0.717, 1.165) is 12.1 Å². The number of rotatable bonds is 3. The highest BCUT2D eigenvalue weighted by atomic mass is 35.5. The maximum atomic E-state index is 12.5. The molecule has 0 fully saturated rings. The molecule has 5 heteroatoms. The summed E-state index contributed by atoms with van der Waals surface area (Å²) in [5.74, 6) is -1.75. The quantitative estimate of drug-likeness (QED) is 0.723. The first-order valence-electron chi connectivity index (χ1n) is 3.37. The van der Waals surface area contributed by atoms with Crippen LogP contribution in [0, 0.1) is 5.82 Å². The Morgan fingerprint density at radius 2 is 2.31 bits per heavy atom. The van der Waals surface area contributed by atoms with Crippen molar-refractivity contribution in [3.63, 3.8) is 0 Å². The third-order valence-corrected chi connectivity index (χ3v) is 1.53. The van der Waals surface area contributed by atoms with Gasteiger partial charge in [0.05, 0.1) is 11.0 Å². The lowest BCUT2D eigenvalue weighted by molar-refractivity contribution is -0.307. The number of hydrogen-bond acceptors (Lipinski definition) is 3. The molecule has 0 saturated heterocycles. The topological polar surface area (TPSA) is 49.4 Å². The van der Waals surface area contributed by atoms with E-state index in [-0.39, 0.29) is 10.8 Å². The van der Waals surface area contributed by atoms with Crippen LogP contribution in [0.15, 0.2) is 18.2 Å². The molecule has 70 valence electrons. The zero-order valence-electron chi connectivity index (χ0n) is 6.42. The maximum absolute atomic E-state index is 12.5. The fraction of sp³-hybridized carbons (Fsp3) is 0.125. The van der Waals surface area contributed by atoms with E-state index in [1.54, 1.807) is 0 Å². The lowest BCUT2D eigenvalue weighted by Gasteiger charge is -2.07. The van der Waals surface area contributed by atoms with Gasteiger partial charge in [-0.25, -0.2) is 4.39 Å². The van der Waals surface area contributed by atoms with Gasteiger partial charge in [0.2, 0.25) is 0 Å². The molecule has 0 amide bonds. The van der Waals surface area contributed by atoms with Crippen LogP contribution in [0.25, 0.3) is 0 Å². The Labute approximate surface area is 78.7 Å². The molecule has 3 nitrogen and oxygen atoms in total. The van der Waals surface area contributed by atoms with Gasteiger partial charge in [0, 0.05) is 0 Å². The first-order valence-corrected chi connectivity index (χ1v) is 3.75. The number of aliphatic carboxylic acids is 1. The highest BCUT2D eigenvalue weighted by Crippen LogP contribution is 2.24. The van der Waals surface area contributed by atoms with E-state index in [4.69, 9.17) is 16.3 Å². The van der Waals surface area contributed by atoms with Gasteiger partial charge >= 0.3 is 0 Å². The molecule has 0 heterocycles. The largest absolute Gasteiger partial charge is 0.546 e. The summed E-state index contributed by atoms with van der Waals surface area (Å²) in [7, 11) is 0. The first kappa shape index (κ1) is 9.80. The highest BCUT2D eigenvalue weighted by Gasteiger charge is 2.02. The van der Waals surface area contributed by atoms with Gasteiger partial charge < -0.3 is 14.6 Å². The van der Waals surface area contributed by atoms with Crippen LogP contribution in [0.3, 0.4) is 0 Å². The molecule has 0 radical (unpaired) electrons. The van der Waals surface area contributed by atoms with Crippen molar-refractivity contribution in [2.75, 3.05) is 6.61 Å². The second-order valence-corrected chi connectivity index (χ2v) is 2.64. The molecule has 0 saturated carbocycles. The minimum atomic E-state index is -1.36. The van der Waals surface area contributed by atoms with Gasteiger partial charge in [-0.15, -0.1) is 0 Å². The van der Waals surface area contributed by atoms with Crippen molar-refractivity contribution in [3.05, 3.63) is 29.0 Å². The Balaban J connectivity index is 2.72. The van der Waals surface area contributed by atoms with Crippen molar-refractivity contribution in [2.45, 2.75) is 0 Å². The third-order valence-electron chi connectivity index (χ3n) is 1.24. The number of hydrogen-bond donors (Lipinski definition) is 0. The zero-order valence-corrected chi connectivity index (χ0v) is 7.18. The van der Waals surface area contributed by atoms with Gasteiger partial charge in [-0.05, 0) is 18.2 Å². The molecule has 0 unspecified atom stereocenters. The SMILES string of the molecule is O=C([O-])COc1ccc(F)cc1Cl. The van der Waals surface area contributed by atoms with Crippen LogP contribution >= 0.6 is 11.6 Å². The Hall–Kier alpha value is -1.29. The van der Waals surface area contributed by atoms with Crippen molar-refractivity contribution >= 4 is 17.6 Å². The Morgan fingerprint density at radius 3 is 2.85 bits per heavy atom. The molecule has 0 bridgehead atoms. The summed E-state index contributed by atoms with van der Waals surface area (Å²) in [5.41, 5.74) is 0. The molecule has 0 aliphatic carbocycles. The fourth-order valence-corrected chi connectivity index (χ4v) is 0.951. The number of carbonyl (C=O) groups is 1. The number of benzene rings is 1. The van der Waals surface area contributed by atoms with Crippen LogP contribution in [-0.4, -0.2) is 12.6 Å². The van der Waals surface area contributed by atoms with E-state index in [0.29, 0.717) is 0 Å². The van der Waals surface area contributed by atoms with Gasteiger partial charge in [-0.2, -0.15) is 0 Å². The summed E-state index contributed by atoms with van der Waals surface area (Å²) in [6.07, 6.45) is 0. The first-order chi connectivity index (χ1) is 6.09. The minimum Gasteiger partial charge on any atom is -0.546 e. The van der Waals surface area contributed by atoms with Crippen LogP contribution < -0.4 is 9.84 Å². The number of halogens is 2. The molecular weight excluding hydrogens is 199 g/mol. The van der Waals surface area contributed by atoms with Gasteiger partial charge in [0.25, 0.3) is 0 Å². The summed E-state index contributed by atoms with van der Waals surface area (Å²) in [6.45, 7) is -0.606. The van der Waals surface area contributed by atoms with E-state index < -0.39 is 18.4 Å². The van der Waals surface area contributed by atoms with Crippen LogP contribution in [0.1, 0.15) is 0 Å². The van der Waals surface area contributed by atoms with Gasteiger partial charge in [0.15, 0.2) is 0 Å². The molecule has 0 aromatic heterocycles. The van der Waals surface area contributed by atoms with Crippen molar-refractivity contribution in [3.8, 4) is 5.75 Å². The zero-order chi connectivity index (χ0) is 9.84. The van der Waals surface area contributed by atoms with Crippen LogP contribution in [0.4, 0.5) is 4.39 Å². The predicted octanol–water partition coefficient (Wildman–Crippen LogP) is 0.608. The Kier molecular flexibility index (Phi) is 3.08. The minimum absolute atomic E-state index is 0.0289. The molecular formula is C8H5ClFO3-. The summed E-state index contributed by atoms with van der Waals surface area (Å²) in [6, 6.07) is 3.41. The molecule has 0 N–H and O–H groups in total. The Morgan fingerprint density at radius 1 is 1.62 bits per heavy atom. The maximum Gasteiger partial charge on any atom is 0.138 e. The summed E-state index contributed by atoms with van der Waals surface area (Å²) < 4.78 is 17.2. The standard InChI is InChI=1S/C8H6ClFO3/c9-6-3-5(10)1-2-7(6)13-4-8(11)12/h1-3H,4H2,(H,11,12)/p-1. The lowest BCUT2D eigenvalue weighted by atomic mass is 10.3.